The molecule has 2 N–H and O–H groups in total. The molecule has 2 heterocycles. The van der Waals surface area contributed by atoms with Crippen LogP contribution in [0.25, 0.3) is 21.5 Å². The second kappa shape index (κ2) is 8.92. The molecule has 2 aromatic heterocycles. The molecule has 2 amide bonds. The minimum absolute atomic E-state index is 0.108. The van der Waals surface area contributed by atoms with Crippen molar-refractivity contribution in [1.82, 2.24) is 20.6 Å². The van der Waals surface area contributed by atoms with Gasteiger partial charge in [-0.25, -0.2) is 4.98 Å². The lowest BCUT2D eigenvalue weighted by atomic mass is 10.0. The summed E-state index contributed by atoms with van der Waals surface area (Å²) < 4.78 is 5.07. The van der Waals surface area contributed by atoms with Crippen molar-refractivity contribution in [3.63, 3.8) is 0 Å². The van der Waals surface area contributed by atoms with E-state index in [2.05, 4.69) is 20.6 Å². The van der Waals surface area contributed by atoms with E-state index in [1.54, 1.807) is 12.4 Å². The number of amides is 2. The number of carbonyl (C=O) groups excluding carboxylic acids is 2. The summed E-state index contributed by atoms with van der Waals surface area (Å²) >= 11 is 0. The third-order valence-corrected chi connectivity index (χ3v) is 5.52. The van der Waals surface area contributed by atoms with Gasteiger partial charge in [0.1, 0.15) is 0 Å². The van der Waals surface area contributed by atoms with Gasteiger partial charge >= 0.3 is 0 Å². The summed E-state index contributed by atoms with van der Waals surface area (Å²) in [5.74, 6) is -0.567. The van der Waals surface area contributed by atoms with Gasteiger partial charge in [0.2, 0.25) is 5.76 Å². The quantitative estimate of drug-likeness (QED) is 0.414. The monoisotopic (exact) mass is 436 g/mol. The lowest BCUT2D eigenvalue weighted by Crippen LogP contribution is -2.38. The highest BCUT2D eigenvalue weighted by Gasteiger charge is 2.20. The molecule has 5 aromatic rings. The van der Waals surface area contributed by atoms with Gasteiger partial charge in [-0.15, -0.1) is 0 Å². The third kappa shape index (κ3) is 4.29. The van der Waals surface area contributed by atoms with Gasteiger partial charge in [-0.05, 0) is 27.8 Å². The minimum atomic E-state index is -0.479. The fraction of sp³-hybridized carbons (Fsp3) is 0.0769. The molecule has 0 aliphatic carbocycles. The Morgan fingerprint density at radius 3 is 2.42 bits per heavy atom. The van der Waals surface area contributed by atoms with Gasteiger partial charge in [0, 0.05) is 24.3 Å². The Labute approximate surface area is 189 Å². The Morgan fingerprint density at radius 1 is 0.818 bits per heavy atom. The van der Waals surface area contributed by atoms with E-state index in [-0.39, 0.29) is 18.2 Å². The molecule has 7 nitrogen and oxygen atoms in total. The van der Waals surface area contributed by atoms with E-state index in [9.17, 15) is 9.59 Å². The maximum absolute atomic E-state index is 13.3. The SMILES string of the molecule is O=C(NCC(NC(=O)c1cncc2ccccc12)c1ccc2ccccc2c1)c1cnco1. The highest BCUT2D eigenvalue weighted by molar-refractivity contribution is 6.06. The predicted octanol–water partition coefficient (Wildman–Crippen LogP) is 4.28. The zero-order chi connectivity index (χ0) is 22.6. The van der Waals surface area contributed by atoms with Crippen molar-refractivity contribution in [3.8, 4) is 0 Å². The van der Waals surface area contributed by atoms with Crippen molar-refractivity contribution >= 4 is 33.4 Å². The fourth-order valence-electron chi connectivity index (χ4n) is 3.82. The maximum Gasteiger partial charge on any atom is 0.288 e. The number of nitrogens with one attached hydrogen (secondary N) is 2. The smallest absolute Gasteiger partial charge is 0.288 e. The normalized spacial score (nSPS) is 11.9. The number of oxazole rings is 1. The van der Waals surface area contributed by atoms with Crippen molar-refractivity contribution in [1.29, 1.82) is 0 Å². The van der Waals surface area contributed by atoms with Crippen molar-refractivity contribution in [3.05, 3.63) is 109 Å². The molecule has 0 saturated heterocycles. The van der Waals surface area contributed by atoms with E-state index in [0.29, 0.717) is 5.56 Å². The molecule has 5 rings (SSSR count). The van der Waals surface area contributed by atoms with Crippen LogP contribution in [0.5, 0.6) is 0 Å². The van der Waals surface area contributed by atoms with E-state index in [0.717, 1.165) is 27.1 Å². The van der Waals surface area contributed by atoms with Gasteiger partial charge in [-0.2, -0.15) is 0 Å². The molecule has 7 heteroatoms. The zero-order valence-corrected chi connectivity index (χ0v) is 17.6. The average Bonchev–Trinajstić information content (AvgIpc) is 3.41. The summed E-state index contributed by atoms with van der Waals surface area (Å²) in [5, 5.41) is 9.72. The van der Waals surface area contributed by atoms with Gasteiger partial charge in [0.15, 0.2) is 6.39 Å². The van der Waals surface area contributed by atoms with Gasteiger partial charge in [0.05, 0.1) is 17.8 Å². The van der Waals surface area contributed by atoms with Gasteiger partial charge in [-0.3, -0.25) is 14.6 Å². The summed E-state index contributed by atoms with van der Waals surface area (Å²) in [5.41, 5.74) is 1.34. The second-order valence-corrected chi connectivity index (χ2v) is 7.62. The molecule has 1 unspecified atom stereocenters. The molecule has 33 heavy (non-hydrogen) atoms. The molecule has 0 aliphatic heterocycles. The number of pyridine rings is 1. The maximum atomic E-state index is 13.3. The molecule has 162 valence electrons. The number of benzene rings is 3. The summed E-state index contributed by atoms with van der Waals surface area (Å²) in [6.07, 6.45) is 5.83. The predicted molar refractivity (Wildman–Crippen MR) is 125 cm³/mol. The number of carbonyl (C=O) groups is 2. The van der Waals surface area contributed by atoms with E-state index in [1.165, 1.54) is 12.6 Å². The first-order valence-electron chi connectivity index (χ1n) is 10.5. The number of fused-ring (bicyclic) bond motifs is 2. The van der Waals surface area contributed by atoms with Gasteiger partial charge in [-0.1, -0.05) is 60.7 Å². The molecule has 0 spiro atoms. The van der Waals surface area contributed by atoms with E-state index >= 15 is 0 Å². The first kappa shape index (κ1) is 20.4. The van der Waals surface area contributed by atoms with Crippen molar-refractivity contribution < 1.29 is 14.0 Å². The molecule has 1 atom stereocenters. The van der Waals surface area contributed by atoms with Crippen LogP contribution in [0.15, 0.2) is 96.1 Å². The Morgan fingerprint density at radius 2 is 1.61 bits per heavy atom. The summed E-state index contributed by atoms with van der Waals surface area (Å²) in [6.45, 7) is 0.168. The van der Waals surface area contributed by atoms with Gasteiger partial charge < -0.3 is 15.1 Å². The summed E-state index contributed by atoms with van der Waals surface area (Å²) in [4.78, 5) is 33.7. The summed E-state index contributed by atoms with van der Waals surface area (Å²) in [6, 6.07) is 21.1. The second-order valence-electron chi connectivity index (χ2n) is 7.62. The molecular formula is C26H20N4O3. The first-order valence-corrected chi connectivity index (χ1v) is 10.5. The van der Waals surface area contributed by atoms with Crippen LogP contribution in [0.1, 0.15) is 32.5 Å². The lowest BCUT2D eigenvalue weighted by molar-refractivity contribution is 0.0895. The highest BCUT2D eigenvalue weighted by atomic mass is 16.3. The minimum Gasteiger partial charge on any atom is -0.438 e. The molecule has 0 fully saturated rings. The number of hydrogen-bond donors (Lipinski definition) is 2. The Balaban J connectivity index is 1.45. The standard InChI is InChI=1S/C26H20N4O3/c31-25(22-13-27-12-20-7-3-4-8-21(20)22)30-23(14-29-26(32)24-15-28-16-33-24)19-10-9-17-5-1-2-6-18(17)11-19/h1-13,15-16,23H,14H2,(H,29,32)(H,30,31). The number of rotatable bonds is 6. The molecule has 0 saturated carbocycles. The van der Waals surface area contributed by atoms with Crippen LogP contribution < -0.4 is 10.6 Å². The topological polar surface area (TPSA) is 97.1 Å². The molecular weight excluding hydrogens is 416 g/mol. The number of hydrogen-bond acceptors (Lipinski definition) is 5. The zero-order valence-electron chi connectivity index (χ0n) is 17.6. The van der Waals surface area contributed by atoms with E-state index in [1.807, 2.05) is 66.7 Å². The van der Waals surface area contributed by atoms with Crippen molar-refractivity contribution in [2.45, 2.75) is 6.04 Å². The molecule has 0 radical (unpaired) electrons. The Bertz CT molecular complexity index is 1440. The lowest BCUT2D eigenvalue weighted by Gasteiger charge is -2.21. The van der Waals surface area contributed by atoms with Crippen LogP contribution in [-0.2, 0) is 0 Å². The highest BCUT2D eigenvalue weighted by Crippen LogP contribution is 2.22. The van der Waals surface area contributed by atoms with Crippen LogP contribution in [0.2, 0.25) is 0 Å². The van der Waals surface area contributed by atoms with Crippen molar-refractivity contribution in [2.24, 2.45) is 0 Å². The van der Waals surface area contributed by atoms with Crippen LogP contribution in [-0.4, -0.2) is 28.3 Å². The molecule has 3 aromatic carbocycles. The third-order valence-electron chi connectivity index (χ3n) is 5.52. The Kier molecular flexibility index (Phi) is 5.51. The van der Waals surface area contributed by atoms with E-state index in [4.69, 9.17) is 4.42 Å². The molecule has 0 aliphatic rings. The summed E-state index contributed by atoms with van der Waals surface area (Å²) in [7, 11) is 0. The number of nitrogens with zero attached hydrogens (tertiary/aromatic N) is 2. The van der Waals surface area contributed by atoms with Gasteiger partial charge in [0.25, 0.3) is 11.8 Å². The Hall–Kier alpha value is -4.52. The largest absolute Gasteiger partial charge is 0.438 e. The van der Waals surface area contributed by atoms with E-state index < -0.39 is 11.9 Å². The number of aromatic nitrogens is 2. The first-order chi connectivity index (χ1) is 16.2. The van der Waals surface area contributed by atoms with Crippen LogP contribution >= 0.6 is 0 Å². The average molecular weight is 436 g/mol. The van der Waals surface area contributed by atoms with Crippen molar-refractivity contribution in [2.75, 3.05) is 6.54 Å². The fourth-order valence-corrected chi connectivity index (χ4v) is 3.82. The van der Waals surface area contributed by atoms with Crippen LogP contribution in [0, 0.1) is 0 Å². The van der Waals surface area contributed by atoms with Crippen LogP contribution in [0.3, 0.4) is 0 Å². The van der Waals surface area contributed by atoms with Crippen LogP contribution in [0.4, 0.5) is 0 Å². The molecule has 0 bridgehead atoms.